The second-order valence-electron chi connectivity index (χ2n) is 4.64. The number of sulfone groups is 1. The average molecular weight is 319 g/mol. The Morgan fingerprint density at radius 1 is 1.25 bits per heavy atom. The van der Waals surface area contributed by atoms with Crippen molar-refractivity contribution in [3.63, 3.8) is 0 Å². The van der Waals surface area contributed by atoms with Gasteiger partial charge in [-0.2, -0.15) is 0 Å². The standard InChI is InChI=1S/C12H18NO5PS/c1-4-19(16,5-2)9-20(17,18)12-7-6-11(13(14)15)8-10(12)3/h6-8H,4-5,9H2,1-3H3. The third-order valence-electron chi connectivity index (χ3n) is 3.26. The summed E-state index contributed by atoms with van der Waals surface area (Å²) in [5.41, 5.74) is -0.236. The van der Waals surface area contributed by atoms with Crippen LogP contribution in [0.15, 0.2) is 23.1 Å². The van der Waals surface area contributed by atoms with Gasteiger partial charge in [-0.3, -0.25) is 10.1 Å². The van der Waals surface area contributed by atoms with Crippen molar-refractivity contribution in [2.45, 2.75) is 25.7 Å². The van der Waals surface area contributed by atoms with E-state index in [1.165, 1.54) is 19.1 Å². The molecule has 1 rings (SSSR count). The molecule has 112 valence electrons. The molecule has 0 bridgehead atoms. The molecule has 0 saturated heterocycles. The molecule has 0 aliphatic carbocycles. The minimum atomic E-state index is -3.70. The van der Waals surface area contributed by atoms with Crippen LogP contribution in [-0.4, -0.2) is 31.2 Å². The largest absolute Gasteiger partial charge is 0.323 e. The van der Waals surface area contributed by atoms with E-state index < -0.39 is 21.9 Å². The molecule has 0 aromatic heterocycles. The number of hydrogen-bond acceptors (Lipinski definition) is 5. The highest BCUT2D eigenvalue weighted by molar-refractivity contribution is 7.99. The van der Waals surface area contributed by atoms with E-state index in [0.717, 1.165) is 6.07 Å². The summed E-state index contributed by atoms with van der Waals surface area (Å²) in [6, 6.07) is 3.59. The molecular weight excluding hydrogens is 301 g/mol. The van der Waals surface area contributed by atoms with Gasteiger partial charge in [0.2, 0.25) is 0 Å². The first-order valence-corrected chi connectivity index (χ1v) is 10.1. The molecule has 0 saturated carbocycles. The Balaban J connectivity index is 3.24. The highest BCUT2D eigenvalue weighted by Gasteiger charge is 2.29. The number of benzene rings is 1. The third kappa shape index (κ3) is 3.67. The highest BCUT2D eigenvalue weighted by Crippen LogP contribution is 2.47. The number of aryl methyl sites for hydroxylation is 1. The maximum absolute atomic E-state index is 12.3. The van der Waals surface area contributed by atoms with Gasteiger partial charge in [0, 0.05) is 12.1 Å². The van der Waals surface area contributed by atoms with Gasteiger partial charge in [-0.25, -0.2) is 8.42 Å². The van der Waals surface area contributed by atoms with Crippen LogP contribution in [0.2, 0.25) is 0 Å². The second-order valence-corrected chi connectivity index (χ2v) is 10.7. The molecule has 0 heterocycles. The van der Waals surface area contributed by atoms with Crippen molar-refractivity contribution in [1.82, 2.24) is 0 Å². The van der Waals surface area contributed by atoms with Crippen LogP contribution in [-0.2, 0) is 14.4 Å². The van der Waals surface area contributed by atoms with Crippen molar-refractivity contribution >= 4 is 22.7 Å². The van der Waals surface area contributed by atoms with E-state index in [0.29, 0.717) is 17.9 Å². The van der Waals surface area contributed by atoms with E-state index in [-0.39, 0.29) is 16.1 Å². The topological polar surface area (TPSA) is 94.3 Å². The van der Waals surface area contributed by atoms with E-state index in [4.69, 9.17) is 0 Å². The van der Waals surface area contributed by atoms with Gasteiger partial charge in [-0.05, 0) is 30.9 Å². The number of rotatable bonds is 6. The van der Waals surface area contributed by atoms with Crippen LogP contribution in [0.25, 0.3) is 0 Å². The Hall–Kier alpha value is -1.20. The lowest BCUT2D eigenvalue weighted by molar-refractivity contribution is -0.385. The molecule has 0 fully saturated rings. The first-order chi connectivity index (χ1) is 9.15. The van der Waals surface area contributed by atoms with E-state index in [1.807, 2.05) is 0 Å². The molecule has 0 atom stereocenters. The molecule has 0 amide bonds. The molecule has 0 N–H and O–H groups in total. The Morgan fingerprint density at radius 3 is 2.20 bits per heavy atom. The van der Waals surface area contributed by atoms with E-state index in [9.17, 15) is 23.1 Å². The lowest BCUT2D eigenvalue weighted by Gasteiger charge is -2.15. The number of nitrogens with zero attached hydrogens (tertiary/aromatic N) is 1. The summed E-state index contributed by atoms with van der Waals surface area (Å²) in [6.07, 6.45) is 0.656. The Morgan fingerprint density at radius 2 is 1.80 bits per heavy atom. The average Bonchev–Trinajstić information content (AvgIpc) is 2.37. The lowest BCUT2D eigenvalue weighted by Crippen LogP contribution is -2.11. The van der Waals surface area contributed by atoms with E-state index >= 15 is 0 Å². The molecule has 20 heavy (non-hydrogen) atoms. The van der Waals surface area contributed by atoms with Gasteiger partial charge in [-0.1, -0.05) is 13.8 Å². The van der Waals surface area contributed by atoms with Gasteiger partial charge >= 0.3 is 0 Å². The van der Waals surface area contributed by atoms with Crippen molar-refractivity contribution in [3.05, 3.63) is 33.9 Å². The first-order valence-electron chi connectivity index (χ1n) is 6.20. The maximum Gasteiger partial charge on any atom is 0.269 e. The van der Waals surface area contributed by atoms with Crippen LogP contribution >= 0.6 is 7.14 Å². The molecule has 0 unspecified atom stereocenters. The van der Waals surface area contributed by atoms with Gasteiger partial charge in [0.15, 0.2) is 9.84 Å². The molecular formula is C12H18NO5PS. The number of hydrogen-bond donors (Lipinski definition) is 0. The maximum atomic E-state index is 12.3. The van der Waals surface area contributed by atoms with Crippen LogP contribution in [0.3, 0.4) is 0 Å². The van der Waals surface area contributed by atoms with Gasteiger partial charge in [0.1, 0.15) is 12.6 Å². The van der Waals surface area contributed by atoms with Crippen LogP contribution in [0.4, 0.5) is 5.69 Å². The third-order valence-corrected chi connectivity index (χ3v) is 9.94. The molecule has 1 aromatic rings. The summed E-state index contributed by atoms with van der Waals surface area (Å²) in [7, 11) is -6.44. The summed E-state index contributed by atoms with van der Waals surface area (Å²) in [5, 5.41) is 10.6. The monoisotopic (exact) mass is 319 g/mol. The second kappa shape index (κ2) is 6.06. The van der Waals surface area contributed by atoms with Crippen LogP contribution in [0, 0.1) is 17.0 Å². The first kappa shape index (κ1) is 16.9. The summed E-state index contributed by atoms with van der Waals surface area (Å²) in [5.74, 6) is 0. The summed E-state index contributed by atoms with van der Waals surface area (Å²) in [6.45, 7) is 4.92. The van der Waals surface area contributed by atoms with Crippen LogP contribution in [0.1, 0.15) is 19.4 Å². The minimum absolute atomic E-state index is 0.0187. The van der Waals surface area contributed by atoms with Crippen LogP contribution < -0.4 is 0 Å². The van der Waals surface area contributed by atoms with Gasteiger partial charge in [-0.15, -0.1) is 0 Å². The van der Waals surface area contributed by atoms with E-state index in [1.54, 1.807) is 13.8 Å². The Bertz CT molecular complexity index is 660. The van der Waals surface area contributed by atoms with Crippen molar-refractivity contribution in [2.24, 2.45) is 0 Å². The van der Waals surface area contributed by atoms with Crippen molar-refractivity contribution < 1.29 is 17.9 Å². The number of nitro groups is 1. The molecule has 6 nitrogen and oxygen atoms in total. The minimum Gasteiger partial charge on any atom is -0.323 e. The molecule has 8 heteroatoms. The molecule has 0 aliphatic heterocycles. The summed E-state index contributed by atoms with van der Waals surface area (Å²) < 4.78 is 37.0. The number of non-ortho nitro benzene ring substituents is 1. The lowest BCUT2D eigenvalue weighted by atomic mass is 10.2. The Kier molecular flexibility index (Phi) is 5.10. The molecule has 0 spiro atoms. The van der Waals surface area contributed by atoms with Gasteiger partial charge < -0.3 is 4.57 Å². The molecule has 1 aromatic carbocycles. The van der Waals surface area contributed by atoms with Crippen molar-refractivity contribution in [1.29, 1.82) is 0 Å². The zero-order valence-corrected chi connectivity index (χ0v) is 13.4. The summed E-state index contributed by atoms with van der Waals surface area (Å²) in [4.78, 5) is 10.1. The van der Waals surface area contributed by atoms with Gasteiger partial charge in [0.25, 0.3) is 5.69 Å². The normalized spacial score (nSPS) is 12.3. The predicted molar refractivity (Wildman–Crippen MR) is 78.6 cm³/mol. The smallest absolute Gasteiger partial charge is 0.269 e. The Labute approximate surface area is 118 Å². The number of nitro benzene ring substituents is 1. The van der Waals surface area contributed by atoms with Gasteiger partial charge in [0.05, 0.1) is 9.82 Å². The summed E-state index contributed by atoms with van der Waals surface area (Å²) >= 11 is 0. The van der Waals surface area contributed by atoms with Crippen molar-refractivity contribution in [3.8, 4) is 0 Å². The zero-order chi connectivity index (χ0) is 15.6. The fourth-order valence-electron chi connectivity index (χ4n) is 1.88. The molecule has 0 aliphatic rings. The van der Waals surface area contributed by atoms with Crippen molar-refractivity contribution in [2.75, 3.05) is 17.8 Å². The van der Waals surface area contributed by atoms with E-state index in [2.05, 4.69) is 0 Å². The predicted octanol–water partition coefficient (Wildman–Crippen LogP) is 3.04. The molecule has 0 radical (unpaired) electrons. The SMILES string of the molecule is CCP(=O)(CC)CS(=O)(=O)c1ccc([N+](=O)[O-])cc1C. The quantitative estimate of drug-likeness (QED) is 0.456. The highest BCUT2D eigenvalue weighted by atomic mass is 32.2. The zero-order valence-electron chi connectivity index (χ0n) is 11.7. The van der Waals surface area contributed by atoms with Crippen LogP contribution in [0.5, 0.6) is 0 Å². The fourth-order valence-corrected chi connectivity index (χ4v) is 7.65. The fraction of sp³-hybridized carbons (Fsp3) is 0.500.